The van der Waals surface area contributed by atoms with Gasteiger partial charge in [-0.3, -0.25) is 4.79 Å². The highest BCUT2D eigenvalue weighted by atomic mass is 32.1. The number of hydrogen-bond donors (Lipinski definition) is 0. The number of fused-ring (bicyclic) bond motifs is 1. The van der Waals surface area contributed by atoms with Gasteiger partial charge in [-0.15, -0.1) is 11.3 Å². The molecule has 8 heteroatoms. The van der Waals surface area contributed by atoms with E-state index in [1.807, 2.05) is 63.5 Å². The standard InChI is InChI=1S/C24H24N4O3S/c1-30-19-8-3-7-18(22(19)31-2)16-10-11-21-25-23(26-28(21)15-16)17-6-4-12-27(14-17)24(29)20-9-5-13-32-20/h3,5,7-11,13,15,17H,4,6,12,14H2,1-2H3/t17-/m0/s1. The van der Waals surface area contributed by atoms with Crippen LogP contribution in [0.4, 0.5) is 0 Å². The normalized spacial score (nSPS) is 16.3. The van der Waals surface area contributed by atoms with E-state index in [4.69, 9.17) is 19.6 Å². The summed E-state index contributed by atoms with van der Waals surface area (Å²) in [7, 11) is 3.27. The maximum atomic E-state index is 12.8. The Morgan fingerprint density at radius 1 is 1.12 bits per heavy atom. The second kappa shape index (κ2) is 8.63. The Morgan fingerprint density at radius 2 is 2.03 bits per heavy atom. The highest BCUT2D eigenvalue weighted by Crippen LogP contribution is 2.37. The number of pyridine rings is 1. The van der Waals surface area contributed by atoms with Crippen LogP contribution in [-0.4, -0.2) is 52.7 Å². The molecule has 3 aromatic heterocycles. The molecule has 1 amide bonds. The van der Waals surface area contributed by atoms with E-state index < -0.39 is 0 Å². The zero-order chi connectivity index (χ0) is 22.1. The molecule has 0 radical (unpaired) electrons. The van der Waals surface area contributed by atoms with E-state index in [9.17, 15) is 4.79 Å². The van der Waals surface area contributed by atoms with E-state index in [0.717, 1.165) is 46.9 Å². The van der Waals surface area contributed by atoms with Crippen molar-refractivity contribution < 1.29 is 14.3 Å². The quantitative estimate of drug-likeness (QED) is 0.450. The third-order valence-corrected chi connectivity index (χ3v) is 6.72. The number of carbonyl (C=O) groups excluding carboxylic acids is 1. The van der Waals surface area contributed by atoms with Crippen molar-refractivity contribution in [1.82, 2.24) is 19.5 Å². The summed E-state index contributed by atoms with van der Waals surface area (Å²) in [5.41, 5.74) is 2.67. The number of nitrogens with zero attached hydrogens (tertiary/aromatic N) is 4. The number of thiophene rings is 1. The van der Waals surface area contributed by atoms with Crippen LogP contribution in [0.2, 0.25) is 0 Å². The molecule has 1 fully saturated rings. The lowest BCUT2D eigenvalue weighted by atomic mass is 9.97. The molecule has 32 heavy (non-hydrogen) atoms. The van der Waals surface area contributed by atoms with Crippen molar-refractivity contribution in [1.29, 1.82) is 0 Å². The van der Waals surface area contributed by atoms with Crippen molar-refractivity contribution >= 4 is 22.9 Å². The van der Waals surface area contributed by atoms with Crippen molar-refractivity contribution in [2.24, 2.45) is 0 Å². The van der Waals surface area contributed by atoms with E-state index in [1.165, 1.54) is 11.3 Å². The first-order valence-electron chi connectivity index (χ1n) is 10.6. The van der Waals surface area contributed by atoms with Gasteiger partial charge in [-0.2, -0.15) is 5.10 Å². The number of methoxy groups -OCH3 is 2. The molecular weight excluding hydrogens is 424 g/mol. The lowest BCUT2D eigenvalue weighted by molar-refractivity contribution is 0.0709. The van der Waals surface area contributed by atoms with E-state index in [1.54, 1.807) is 14.2 Å². The van der Waals surface area contributed by atoms with Crippen LogP contribution in [0.25, 0.3) is 16.8 Å². The molecule has 164 valence electrons. The largest absolute Gasteiger partial charge is 0.493 e. The maximum Gasteiger partial charge on any atom is 0.263 e. The fourth-order valence-corrected chi connectivity index (χ4v) is 4.97. The number of ether oxygens (including phenoxy) is 2. The molecule has 0 aliphatic carbocycles. The summed E-state index contributed by atoms with van der Waals surface area (Å²) in [5.74, 6) is 2.37. The molecule has 1 aliphatic rings. The molecule has 0 unspecified atom stereocenters. The monoisotopic (exact) mass is 448 g/mol. The minimum Gasteiger partial charge on any atom is -0.493 e. The molecule has 0 saturated carbocycles. The SMILES string of the molecule is COc1cccc(-c2ccc3nc([C@H]4CCCN(C(=O)c5cccs5)C4)nn3c2)c1OC. The summed E-state index contributed by atoms with van der Waals surface area (Å²) in [6, 6.07) is 13.6. The van der Waals surface area contributed by atoms with Gasteiger partial charge in [0.25, 0.3) is 5.91 Å². The summed E-state index contributed by atoms with van der Waals surface area (Å²) < 4.78 is 12.8. The molecule has 5 rings (SSSR count). The highest BCUT2D eigenvalue weighted by molar-refractivity contribution is 7.12. The van der Waals surface area contributed by atoms with Gasteiger partial charge in [0.1, 0.15) is 0 Å². The van der Waals surface area contributed by atoms with Crippen LogP contribution in [0.5, 0.6) is 11.5 Å². The van der Waals surface area contributed by atoms with Gasteiger partial charge in [0, 0.05) is 36.3 Å². The Hall–Kier alpha value is -3.39. The first-order chi connectivity index (χ1) is 15.7. The van der Waals surface area contributed by atoms with E-state index >= 15 is 0 Å². The fourth-order valence-electron chi connectivity index (χ4n) is 4.28. The van der Waals surface area contributed by atoms with E-state index in [-0.39, 0.29) is 11.8 Å². The first-order valence-corrected chi connectivity index (χ1v) is 11.5. The summed E-state index contributed by atoms with van der Waals surface area (Å²) in [6.07, 6.45) is 3.88. The summed E-state index contributed by atoms with van der Waals surface area (Å²) >= 11 is 1.48. The van der Waals surface area contributed by atoms with Crippen molar-refractivity contribution in [3.63, 3.8) is 0 Å². The topological polar surface area (TPSA) is 69.0 Å². The highest BCUT2D eigenvalue weighted by Gasteiger charge is 2.28. The second-order valence-electron chi connectivity index (χ2n) is 7.80. The molecule has 0 spiro atoms. The Bertz CT molecular complexity index is 1250. The van der Waals surface area contributed by atoms with Gasteiger partial charge in [0.05, 0.1) is 19.1 Å². The van der Waals surface area contributed by atoms with Gasteiger partial charge in [-0.05, 0) is 42.5 Å². The first kappa shape index (κ1) is 20.5. The van der Waals surface area contributed by atoms with E-state index in [0.29, 0.717) is 18.0 Å². The average molecular weight is 449 g/mol. The third-order valence-electron chi connectivity index (χ3n) is 5.87. The lowest BCUT2D eigenvalue weighted by Gasteiger charge is -2.31. The van der Waals surface area contributed by atoms with Crippen LogP contribution in [0.15, 0.2) is 54.0 Å². The number of hydrogen-bond acceptors (Lipinski definition) is 6. The van der Waals surface area contributed by atoms with Crippen molar-refractivity contribution in [3.8, 4) is 22.6 Å². The second-order valence-corrected chi connectivity index (χ2v) is 8.75. The van der Waals surface area contributed by atoms with Crippen molar-refractivity contribution in [2.45, 2.75) is 18.8 Å². The molecule has 1 aromatic carbocycles. The Morgan fingerprint density at radius 3 is 2.81 bits per heavy atom. The summed E-state index contributed by atoms with van der Waals surface area (Å²) in [4.78, 5) is 20.3. The maximum absolute atomic E-state index is 12.8. The van der Waals surface area contributed by atoms with Crippen LogP contribution in [0.1, 0.15) is 34.3 Å². The van der Waals surface area contributed by atoms with Gasteiger partial charge in [-0.1, -0.05) is 18.2 Å². The van der Waals surface area contributed by atoms with Gasteiger partial charge in [-0.25, -0.2) is 9.50 Å². The number of para-hydroxylation sites is 1. The molecule has 7 nitrogen and oxygen atoms in total. The van der Waals surface area contributed by atoms with Gasteiger partial charge in [0.2, 0.25) is 0 Å². The number of likely N-dealkylation sites (tertiary alicyclic amines) is 1. The number of rotatable bonds is 5. The molecule has 1 aliphatic heterocycles. The average Bonchev–Trinajstić information content (AvgIpc) is 3.53. The molecule has 1 atom stereocenters. The minimum absolute atomic E-state index is 0.0980. The molecule has 4 aromatic rings. The Labute approximate surface area is 190 Å². The van der Waals surface area contributed by atoms with Crippen molar-refractivity contribution in [2.75, 3.05) is 27.3 Å². The van der Waals surface area contributed by atoms with Gasteiger partial charge < -0.3 is 14.4 Å². The van der Waals surface area contributed by atoms with Crippen LogP contribution >= 0.6 is 11.3 Å². The predicted molar refractivity (Wildman–Crippen MR) is 124 cm³/mol. The molecule has 1 saturated heterocycles. The number of amides is 1. The molecular formula is C24H24N4O3S. The van der Waals surface area contributed by atoms with Crippen LogP contribution in [-0.2, 0) is 0 Å². The zero-order valence-corrected chi connectivity index (χ0v) is 18.8. The Kier molecular flexibility index (Phi) is 5.53. The molecule has 0 bridgehead atoms. The number of aromatic nitrogens is 3. The summed E-state index contributed by atoms with van der Waals surface area (Å²) in [6.45, 7) is 1.42. The molecule has 4 heterocycles. The number of carbonyl (C=O) groups is 1. The van der Waals surface area contributed by atoms with Crippen LogP contribution in [0, 0.1) is 0 Å². The summed E-state index contributed by atoms with van der Waals surface area (Å²) in [5, 5.41) is 6.71. The van der Waals surface area contributed by atoms with E-state index in [2.05, 4.69) is 0 Å². The van der Waals surface area contributed by atoms with Gasteiger partial charge in [0.15, 0.2) is 23.0 Å². The fraction of sp³-hybridized carbons (Fsp3) is 0.292. The van der Waals surface area contributed by atoms with Crippen LogP contribution in [0.3, 0.4) is 0 Å². The number of piperidine rings is 1. The van der Waals surface area contributed by atoms with Crippen molar-refractivity contribution in [3.05, 3.63) is 64.7 Å². The zero-order valence-electron chi connectivity index (χ0n) is 18.0. The number of benzene rings is 1. The molecule has 0 N–H and O–H groups in total. The third kappa shape index (κ3) is 3.71. The van der Waals surface area contributed by atoms with Crippen LogP contribution < -0.4 is 9.47 Å². The minimum atomic E-state index is 0.0980. The lowest BCUT2D eigenvalue weighted by Crippen LogP contribution is -2.39. The Balaban J connectivity index is 1.43. The van der Waals surface area contributed by atoms with Gasteiger partial charge >= 0.3 is 0 Å². The smallest absolute Gasteiger partial charge is 0.263 e. The predicted octanol–water partition coefficient (Wildman–Crippen LogP) is 4.49.